The van der Waals surface area contributed by atoms with Gasteiger partial charge in [-0.3, -0.25) is 4.79 Å². The molecule has 2 N–H and O–H groups in total. The van der Waals surface area contributed by atoms with Gasteiger partial charge in [0.05, 0.1) is 6.61 Å². The van der Waals surface area contributed by atoms with E-state index in [2.05, 4.69) is 0 Å². The first-order valence-electron chi connectivity index (χ1n) is 5.24. The predicted octanol–water partition coefficient (Wildman–Crippen LogP) is 1.70. The monoisotopic (exact) mass is 221 g/mol. The summed E-state index contributed by atoms with van der Waals surface area (Å²) >= 11 is 0. The summed E-state index contributed by atoms with van der Waals surface area (Å²) in [4.78, 5) is 11.5. The Hall–Kier alpha value is -0.710. The Morgan fingerprint density at radius 2 is 2.07 bits per heavy atom. The average molecular weight is 221 g/mol. The van der Waals surface area contributed by atoms with E-state index in [9.17, 15) is 13.6 Å². The molecule has 0 heterocycles. The molecule has 5 heteroatoms. The van der Waals surface area contributed by atoms with E-state index >= 15 is 0 Å². The Kier molecular flexibility index (Phi) is 4.02. The lowest BCUT2D eigenvalue weighted by atomic mass is 9.77. The Balaban J connectivity index is 2.50. The van der Waals surface area contributed by atoms with Crippen LogP contribution in [0.4, 0.5) is 8.78 Å². The van der Waals surface area contributed by atoms with Crippen molar-refractivity contribution in [3.63, 3.8) is 0 Å². The smallest absolute Gasteiger partial charge is 0.326 e. The van der Waals surface area contributed by atoms with Crippen molar-refractivity contribution < 1.29 is 18.3 Å². The summed E-state index contributed by atoms with van der Waals surface area (Å²) in [6.07, 6.45) is -1.13. The molecular weight excluding hydrogens is 204 g/mol. The maximum absolute atomic E-state index is 12.4. The van der Waals surface area contributed by atoms with Crippen LogP contribution in [0.15, 0.2) is 0 Å². The van der Waals surface area contributed by atoms with E-state index < -0.39 is 23.9 Å². The molecule has 15 heavy (non-hydrogen) atoms. The number of rotatable bonds is 3. The van der Waals surface area contributed by atoms with Crippen molar-refractivity contribution in [2.24, 2.45) is 11.7 Å². The number of esters is 1. The molecule has 3 nitrogen and oxygen atoms in total. The van der Waals surface area contributed by atoms with Gasteiger partial charge in [0.1, 0.15) is 5.54 Å². The van der Waals surface area contributed by atoms with Gasteiger partial charge in [0, 0.05) is 5.92 Å². The first-order valence-corrected chi connectivity index (χ1v) is 5.24. The fourth-order valence-electron chi connectivity index (χ4n) is 1.89. The second-order valence-corrected chi connectivity index (χ2v) is 4.05. The number of carbonyl (C=O) groups is 1. The Bertz CT molecular complexity index is 225. The third kappa shape index (κ3) is 2.87. The predicted molar refractivity (Wildman–Crippen MR) is 51.5 cm³/mol. The van der Waals surface area contributed by atoms with Crippen molar-refractivity contribution in [1.82, 2.24) is 0 Å². The van der Waals surface area contributed by atoms with Crippen molar-refractivity contribution >= 4 is 5.97 Å². The van der Waals surface area contributed by atoms with E-state index in [1.54, 1.807) is 6.92 Å². The zero-order chi connectivity index (χ0) is 11.5. The highest BCUT2D eigenvalue weighted by molar-refractivity contribution is 5.80. The van der Waals surface area contributed by atoms with Crippen molar-refractivity contribution in [3.8, 4) is 0 Å². The molecule has 1 aliphatic carbocycles. The minimum atomic E-state index is -2.31. The number of alkyl halides is 2. The Morgan fingerprint density at radius 3 is 2.47 bits per heavy atom. The summed E-state index contributed by atoms with van der Waals surface area (Å²) in [6.45, 7) is 1.97. The number of halogens is 2. The molecule has 0 unspecified atom stereocenters. The second-order valence-electron chi connectivity index (χ2n) is 4.05. The van der Waals surface area contributed by atoms with Gasteiger partial charge in [0.15, 0.2) is 0 Å². The summed E-state index contributed by atoms with van der Waals surface area (Å²) in [5.74, 6) is -1.08. The summed E-state index contributed by atoms with van der Waals surface area (Å²) < 4.78 is 29.6. The number of carbonyl (C=O) groups excluding carboxylic acids is 1. The van der Waals surface area contributed by atoms with Crippen LogP contribution in [0, 0.1) is 5.92 Å². The average Bonchev–Trinajstić information content (AvgIpc) is 2.18. The molecule has 0 aromatic carbocycles. The molecule has 0 saturated heterocycles. The quantitative estimate of drug-likeness (QED) is 0.738. The molecule has 0 aliphatic heterocycles. The lowest BCUT2D eigenvalue weighted by Crippen LogP contribution is -2.52. The van der Waals surface area contributed by atoms with Crippen molar-refractivity contribution in [2.45, 2.75) is 44.6 Å². The van der Waals surface area contributed by atoms with Gasteiger partial charge in [-0.25, -0.2) is 8.78 Å². The largest absolute Gasteiger partial charge is 0.465 e. The Morgan fingerprint density at radius 1 is 1.53 bits per heavy atom. The molecule has 0 aromatic heterocycles. The summed E-state index contributed by atoms with van der Waals surface area (Å²) in [5, 5.41) is 0. The minimum absolute atomic E-state index is 0.274. The van der Waals surface area contributed by atoms with Gasteiger partial charge in [0.2, 0.25) is 6.43 Å². The van der Waals surface area contributed by atoms with Crippen LogP contribution < -0.4 is 5.73 Å². The second kappa shape index (κ2) is 4.88. The summed E-state index contributed by atoms with van der Waals surface area (Å²) in [6, 6.07) is 0. The van der Waals surface area contributed by atoms with Gasteiger partial charge < -0.3 is 10.5 Å². The maximum Gasteiger partial charge on any atom is 0.326 e. The lowest BCUT2D eigenvalue weighted by molar-refractivity contribution is -0.152. The van der Waals surface area contributed by atoms with E-state index in [1.807, 2.05) is 0 Å². The van der Waals surface area contributed by atoms with E-state index in [1.165, 1.54) is 0 Å². The van der Waals surface area contributed by atoms with Crippen LogP contribution in [0.25, 0.3) is 0 Å². The van der Waals surface area contributed by atoms with Gasteiger partial charge in [0.25, 0.3) is 0 Å². The molecule has 0 aromatic rings. The highest BCUT2D eigenvalue weighted by atomic mass is 19.3. The van der Waals surface area contributed by atoms with E-state index in [0.717, 1.165) is 0 Å². The van der Waals surface area contributed by atoms with Crippen LogP contribution in [0.5, 0.6) is 0 Å². The van der Waals surface area contributed by atoms with Crippen LogP contribution in [0.3, 0.4) is 0 Å². The van der Waals surface area contributed by atoms with Crippen LogP contribution in [-0.2, 0) is 9.53 Å². The molecule has 0 bridgehead atoms. The standard InChI is InChI=1S/C10H17F2NO2/c1-2-15-9(14)10(13)5-3-7(4-6-10)8(11)12/h7-8H,2-6,13H2,1H3. The zero-order valence-electron chi connectivity index (χ0n) is 8.84. The van der Waals surface area contributed by atoms with E-state index in [4.69, 9.17) is 10.5 Å². The number of hydrogen-bond donors (Lipinski definition) is 1. The van der Waals surface area contributed by atoms with Crippen molar-refractivity contribution in [1.29, 1.82) is 0 Å². The van der Waals surface area contributed by atoms with Crippen molar-refractivity contribution in [2.75, 3.05) is 6.61 Å². The lowest BCUT2D eigenvalue weighted by Gasteiger charge is -2.34. The molecule has 1 rings (SSSR count). The van der Waals surface area contributed by atoms with Gasteiger partial charge in [-0.2, -0.15) is 0 Å². The van der Waals surface area contributed by atoms with Gasteiger partial charge in [-0.1, -0.05) is 0 Å². The molecule has 0 radical (unpaired) electrons. The van der Waals surface area contributed by atoms with Gasteiger partial charge in [-0.15, -0.1) is 0 Å². The number of nitrogens with two attached hydrogens (primary N) is 1. The van der Waals surface area contributed by atoms with Crippen LogP contribution in [0.2, 0.25) is 0 Å². The Labute approximate surface area is 88.0 Å². The van der Waals surface area contributed by atoms with E-state index in [-0.39, 0.29) is 6.61 Å². The molecule has 0 amide bonds. The molecular formula is C10H17F2NO2. The van der Waals surface area contributed by atoms with Crippen molar-refractivity contribution in [3.05, 3.63) is 0 Å². The number of hydrogen-bond acceptors (Lipinski definition) is 3. The third-order valence-corrected chi connectivity index (χ3v) is 2.96. The summed E-state index contributed by atoms with van der Waals surface area (Å²) in [5.41, 5.74) is 4.79. The van der Waals surface area contributed by atoms with Crippen LogP contribution >= 0.6 is 0 Å². The highest BCUT2D eigenvalue weighted by Crippen LogP contribution is 2.34. The molecule has 1 fully saturated rings. The van der Waals surface area contributed by atoms with E-state index in [0.29, 0.717) is 25.7 Å². The normalized spacial score (nSPS) is 31.7. The third-order valence-electron chi connectivity index (χ3n) is 2.96. The van der Waals surface area contributed by atoms with Gasteiger partial charge >= 0.3 is 5.97 Å². The zero-order valence-corrected chi connectivity index (χ0v) is 8.84. The highest BCUT2D eigenvalue weighted by Gasteiger charge is 2.41. The van der Waals surface area contributed by atoms with Crippen LogP contribution in [0.1, 0.15) is 32.6 Å². The minimum Gasteiger partial charge on any atom is -0.465 e. The molecule has 0 atom stereocenters. The molecule has 1 saturated carbocycles. The molecule has 0 spiro atoms. The van der Waals surface area contributed by atoms with Crippen LogP contribution in [-0.4, -0.2) is 24.5 Å². The number of ether oxygens (including phenoxy) is 1. The molecule has 1 aliphatic rings. The maximum atomic E-state index is 12.4. The molecule has 88 valence electrons. The first-order chi connectivity index (χ1) is 6.99. The fraction of sp³-hybridized carbons (Fsp3) is 0.900. The topological polar surface area (TPSA) is 52.3 Å². The SMILES string of the molecule is CCOC(=O)C1(N)CCC(C(F)F)CC1. The summed E-state index contributed by atoms with van der Waals surface area (Å²) in [7, 11) is 0. The fourth-order valence-corrected chi connectivity index (χ4v) is 1.89. The van der Waals surface area contributed by atoms with Gasteiger partial charge in [-0.05, 0) is 32.6 Å². The first kappa shape index (κ1) is 12.4.